The van der Waals surface area contributed by atoms with Crippen LogP contribution < -0.4 is 11.4 Å². The Kier molecular flexibility index (Phi) is 2.88. The van der Waals surface area contributed by atoms with Crippen molar-refractivity contribution < 1.29 is 12.8 Å². The fourth-order valence-electron chi connectivity index (χ4n) is 1.49. The van der Waals surface area contributed by atoms with Gasteiger partial charge in [0.05, 0.1) is 4.90 Å². The predicted molar refractivity (Wildman–Crippen MR) is 67.8 cm³/mol. The van der Waals surface area contributed by atoms with Gasteiger partial charge >= 0.3 is 5.63 Å². The first-order valence-electron chi connectivity index (χ1n) is 5.08. The topological polar surface area (TPSA) is 93.6 Å². The van der Waals surface area contributed by atoms with Crippen LogP contribution in [0.2, 0.25) is 0 Å². The monoisotopic (exact) mass is 268 g/mol. The van der Waals surface area contributed by atoms with Gasteiger partial charge in [0.25, 0.3) is 0 Å². The molecular weight excluding hydrogens is 256 g/mol. The second kappa shape index (κ2) is 4.11. The molecule has 0 bridgehead atoms. The van der Waals surface area contributed by atoms with Crippen LogP contribution in [0.5, 0.6) is 0 Å². The zero-order chi connectivity index (χ0) is 13.5. The molecule has 0 atom stereocenters. The van der Waals surface area contributed by atoms with E-state index in [9.17, 15) is 13.2 Å². The van der Waals surface area contributed by atoms with Gasteiger partial charge in [-0.3, -0.25) is 0 Å². The molecular formula is C11H12N2O4S. The van der Waals surface area contributed by atoms with Gasteiger partial charge < -0.3 is 10.2 Å². The standard InChI is InChI=1S/C11H12N2O4S/c1-13(2)18(15,16)8-3-4-10-7(5-8)6-9(12)11(14)17-10/h3-6H,12H2,1-2H3. The number of hydrogen-bond acceptors (Lipinski definition) is 5. The zero-order valence-electron chi connectivity index (χ0n) is 9.88. The van der Waals surface area contributed by atoms with Crippen LogP contribution in [-0.4, -0.2) is 26.8 Å². The molecule has 0 aliphatic rings. The third-order valence-corrected chi connectivity index (χ3v) is 4.32. The quantitative estimate of drug-likeness (QED) is 0.806. The van der Waals surface area contributed by atoms with Crippen molar-refractivity contribution in [2.24, 2.45) is 0 Å². The molecule has 0 radical (unpaired) electrons. The number of benzene rings is 1. The smallest absolute Gasteiger partial charge is 0.359 e. The van der Waals surface area contributed by atoms with Gasteiger partial charge in [0.15, 0.2) is 0 Å². The lowest BCUT2D eigenvalue weighted by Crippen LogP contribution is -2.22. The Morgan fingerprint density at radius 1 is 1.22 bits per heavy atom. The Bertz CT molecular complexity index is 762. The molecule has 6 nitrogen and oxygen atoms in total. The van der Waals surface area contributed by atoms with Crippen LogP contribution >= 0.6 is 0 Å². The summed E-state index contributed by atoms with van der Waals surface area (Å²) in [6, 6.07) is 5.64. The average molecular weight is 268 g/mol. The molecule has 96 valence electrons. The Labute approximate surface area is 104 Å². The summed E-state index contributed by atoms with van der Waals surface area (Å²) in [6.45, 7) is 0. The van der Waals surface area contributed by atoms with Crippen molar-refractivity contribution in [1.82, 2.24) is 4.31 Å². The van der Waals surface area contributed by atoms with Gasteiger partial charge in [-0.25, -0.2) is 17.5 Å². The van der Waals surface area contributed by atoms with Crippen molar-refractivity contribution in [3.63, 3.8) is 0 Å². The van der Waals surface area contributed by atoms with E-state index in [1.165, 1.54) is 38.4 Å². The first-order chi connectivity index (χ1) is 8.32. The average Bonchev–Trinajstić information content (AvgIpc) is 2.29. The van der Waals surface area contributed by atoms with E-state index >= 15 is 0 Å². The number of anilines is 1. The minimum Gasteiger partial charge on any atom is -0.421 e. The van der Waals surface area contributed by atoms with Gasteiger partial charge in [-0.2, -0.15) is 0 Å². The molecule has 0 aliphatic heterocycles. The summed E-state index contributed by atoms with van der Waals surface area (Å²) in [7, 11) is -0.632. The van der Waals surface area contributed by atoms with Crippen molar-refractivity contribution >= 4 is 26.7 Å². The van der Waals surface area contributed by atoms with E-state index in [0.29, 0.717) is 11.0 Å². The maximum atomic E-state index is 11.9. The minimum absolute atomic E-state index is 0.0538. The highest BCUT2D eigenvalue weighted by molar-refractivity contribution is 7.89. The third kappa shape index (κ3) is 1.98. The summed E-state index contributed by atoms with van der Waals surface area (Å²) in [5, 5.41) is 0.468. The number of nitrogens with zero attached hydrogens (tertiary/aromatic N) is 1. The fraction of sp³-hybridized carbons (Fsp3) is 0.182. The first-order valence-corrected chi connectivity index (χ1v) is 6.52. The van der Waals surface area contributed by atoms with E-state index in [0.717, 1.165) is 4.31 Å². The molecule has 1 heterocycles. The van der Waals surface area contributed by atoms with E-state index in [1.807, 2.05) is 0 Å². The summed E-state index contributed by atoms with van der Waals surface area (Å²) >= 11 is 0. The molecule has 2 rings (SSSR count). The second-order valence-electron chi connectivity index (χ2n) is 3.98. The number of rotatable bonds is 2. The van der Waals surface area contributed by atoms with Crippen LogP contribution in [0.25, 0.3) is 11.0 Å². The number of nitrogens with two attached hydrogens (primary N) is 1. The lowest BCUT2D eigenvalue weighted by molar-refractivity contribution is 0.520. The van der Waals surface area contributed by atoms with Gasteiger partial charge in [0, 0.05) is 19.5 Å². The first kappa shape index (κ1) is 12.6. The van der Waals surface area contributed by atoms with Crippen LogP contribution in [0.15, 0.2) is 38.4 Å². The van der Waals surface area contributed by atoms with Crippen LogP contribution in [0.3, 0.4) is 0 Å². The van der Waals surface area contributed by atoms with Crippen molar-refractivity contribution in [3.8, 4) is 0 Å². The summed E-state index contributed by atoms with van der Waals surface area (Å²) < 4.78 is 29.9. The number of hydrogen-bond donors (Lipinski definition) is 1. The molecule has 0 saturated heterocycles. The summed E-state index contributed by atoms with van der Waals surface area (Å²) in [4.78, 5) is 11.3. The lowest BCUT2D eigenvalue weighted by Gasteiger charge is -2.11. The molecule has 0 aliphatic carbocycles. The van der Waals surface area contributed by atoms with E-state index in [2.05, 4.69) is 0 Å². The SMILES string of the molecule is CN(C)S(=O)(=O)c1ccc2oc(=O)c(N)cc2c1. The molecule has 1 aromatic carbocycles. The molecule has 1 aromatic heterocycles. The largest absolute Gasteiger partial charge is 0.421 e. The van der Waals surface area contributed by atoms with Crippen LogP contribution in [-0.2, 0) is 10.0 Å². The van der Waals surface area contributed by atoms with Gasteiger partial charge in [-0.1, -0.05) is 0 Å². The Balaban J connectivity index is 2.72. The number of sulfonamides is 1. The lowest BCUT2D eigenvalue weighted by atomic mass is 10.2. The maximum Gasteiger partial charge on any atom is 0.359 e. The highest BCUT2D eigenvalue weighted by Gasteiger charge is 2.17. The summed E-state index contributed by atoms with van der Waals surface area (Å²) in [5.41, 5.74) is 5.05. The van der Waals surface area contributed by atoms with Gasteiger partial charge in [0.1, 0.15) is 11.3 Å². The Hall–Kier alpha value is -1.86. The van der Waals surface area contributed by atoms with Crippen LogP contribution in [0, 0.1) is 0 Å². The Morgan fingerprint density at radius 2 is 1.89 bits per heavy atom. The van der Waals surface area contributed by atoms with Crippen molar-refractivity contribution in [2.75, 3.05) is 19.8 Å². The van der Waals surface area contributed by atoms with Crippen LogP contribution in [0.4, 0.5) is 5.69 Å². The van der Waals surface area contributed by atoms with Gasteiger partial charge in [-0.15, -0.1) is 0 Å². The van der Waals surface area contributed by atoms with Gasteiger partial charge in [0.2, 0.25) is 10.0 Å². The second-order valence-corrected chi connectivity index (χ2v) is 6.13. The molecule has 0 saturated carbocycles. The molecule has 0 fully saturated rings. The number of nitrogen functional groups attached to an aromatic ring is 1. The fourth-order valence-corrected chi connectivity index (χ4v) is 2.43. The maximum absolute atomic E-state index is 11.9. The van der Waals surface area contributed by atoms with E-state index in [1.54, 1.807) is 0 Å². The third-order valence-electron chi connectivity index (χ3n) is 2.51. The molecule has 2 aromatic rings. The highest BCUT2D eigenvalue weighted by atomic mass is 32.2. The highest BCUT2D eigenvalue weighted by Crippen LogP contribution is 2.21. The summed E-state index contributed by atoms with van der Waals surface area (Å²) in [6.07, 6.45) is 0. The van der Waals surface area contributed by atoms with Crippen molar-refractivity contribution in [1.29, 1.82) is 0 Å². The molecule has 0 unspecified atom stereocenters. The normalized spacial score (nSPS) is 12.2. The molecule has 0 amide bonds. The molecule has 7 heteroatoms. The van der Waals surface area contributed by atoms with Crippen LogP contribution in [0.1, 0.15) is 0 Å². The zero-order valence-corrected chi connectivity index (χ0v) is 10.7. The number of fused-ring (bicyclic) bond motifs is 1. The van der Waals surface area contributed by atoms with E-state index < -0.39 is 15.6 Å². The van der Waals surface area contributed by atoms with Crippen molar-refractivity contribution in [2.45, 2.75) is 4.90 Å². The minimum atomic E-state index is -3.52. The Morgan fingerprint density at radius 3 is 2.50 bits per heavy atom. The van der Waals surface area contributed by atoms with Gasteiger partial charge in [-0.05, 0) is 24.3 Å². The molecule has 0 spiro atoms. The van der Waals surface area contributed by atoms with Crippen molar-refractivity contribution in [3.05, 3.63) is 34.7 Å². The molecule has 18 heavy (non-hydrogen) atoms. The summed E-state index contributed by atoms with van der Waals surface area (Å²) in [5.74, 6) is 0. The van der Waals surface area contributed by atoms with E-state index in [4.69, 9.17) is 10.2 Å². The molecule has 2 N–H and O–H groups in total. The predicted octanol–water partition coefficient (Wildman–Crippen LogP) is 0.626. The van der Waals surface area contributed by atoms with E-state index in [-0.39, 0.29) is 10.6 Å².